The van der Waals surface area contributed by atoms with E-state index in [2.05, 4.69) is 21.9 Å². The molecule has 108 valence electrons. The second-order valence-electron chi connectivity index (χ2n) is 5.37. The van der Waals surface area contributed by atoms with E-state index < -0.39 is 0 Å². The molecule has 1 amide bonds. The average molecular weight is 276 g/mol. The topological polar surface area (TPSA) is 58.6 Å². The molecule has 6 nitrogen and oxygen atoms in total. The number of carbonyl (C=O) groups excluding carboxylic acids is 1. The zero-order valence-electron chi connectivity index (χ0n) is 11.8. The van der Waals surface area contributed by atoms with Crippen LogP contribution in [0.4, 0.5) is 0 Å². The number of nitrogens with zero attached hydrogens (tertiary/aromatic N) is 4. The SMILES string of the molecule is CN1CCC[C@H]1c1cncc(C(=O)N2CCOCC2)n1. The number of rotatable bonds is 2. The van der Waals surface area contributed by atoms with Crippen LogP contribution in [0.2, 0.25) is 0 Å². The molecule has 20 heavy (non-hydrogen) atoms. The van der Waals surface area contributed by atoms with Gasteiger partial charge in [0.25, 0.3) is 5.91 Å². The highest BCUT2D eigenvalue weighted by Crippen LogP contribution is 2.28. The van der Waals surface area contributed by atoms with Gasteiger partial charge in [0.2, 0.25) is 0 Å². The van der Waals surface area contributed by atoms with Crippen molar-refractivity contribution >= 4 is 5.91 Å². The molecule has 2 fully saturated rings. The highest BCUT2D eigenvalue weighted by Gasteiger charge is 2.26. The lowest BCUT2D eigenvalue weighted by molar-refractivity contribution is 0.0298. The Bertz CT molecular complexity index is 488. The van der Waals surface area contributed by atoms with Gasteiger partial charge in [-0.1, -0.05) is 0 Å². The molecule has 0 aliphatic carbocycles. The van der Waals surface area contributed by atoms with Gasteiger partial charge in [-0.05, 0) is 26.4 Å². The summed E-state index contributed by atoms with van der Waals surface area (Å²) in [6.07, 6.45) is 5.60. The first-order valence-corrected chi connectivity index (χ1v) is 7.15. The normalized spacial score (nSPS) is 24.1. The quantitative estimate of drug-likeness (QED) is 0.796. The maximum atomic E-state index is 12.4. The molecule has 0 unspecified atom stereocenters. The largest absolute Gasteiger partial charge is 0.378 e. The summed E-state index contributed by atoms with van der Waals surface area (Å²) in [6.45, 7) is 3.55. The zero-order valence-corrected chi connectivity index (χ0v) is 11.8. The lowest BCUT2D eigenvalue weighted by Gasteiger charge is -2.26. The van der Waals surface area contributed by atoms with Crippen molar-refractivity contribution in [3.63, 3.8) is 0 Å². The zero-order chi connectivity index (χ0) is 13.9. The summed E-state index contributed by atoms with van der Waals surface area (Å²) >= 11 is 0. The minimum absolute atomic E-state index is 0.0386. The molecule has 1 atom stereocenters. The summed E-state index contributed by atoms with van der Waals surface area (Å²) in [5, 5.41) is 0. The highest BCUT2D eigenvalue weighted by atomic mass is 16.5. The Morgan fingerprint density at radius 2 is 2.10 bits per heavy atom. The van der Waals surface area contributed by atoms with Gasteiger partial charge in [-0.15, -0.1) is 0 Å². The van der Waals surface area contributed by atoms with E-state index in [1.807, 2.05) is 0 Å². The monoisotopic (exact) mass is 276 g/mol. The summed E-state index contributed by atoms with van der Waals surface area (Å²) in [5.74, 6) is -0.0386. The summed E-state index contributed by atoms with van der Waals surface area (Å²) in [6, 6.07) is 0.292. The smallest absolute Gasteiger partial charge is 0.274 e. The van der Waals surface area contributed by atoms with Crippen LogP contribution < -0.4 is 0 Å². The molecule has 0 spiro atoms. The first-order valence-electron chi connectivity index (χ1n) is 7.15. The van der Waals surface area contributed by atoms with Gasteiger partial charge in [-0.2, -0.15) is 0 Å². The standard InChI is InChI=1S/C14H20N4O2/c1-17-4-2-3-13(17)11-9-15-10-12(16-11)14(19)18-5-7-20-8-6-18/h9-10,13H,2-8H2,1H3/t13-/m0/s1. The third-order valence-electron chi connectivity index (χ3n) is 4.03. The predicted molar refractivity (Wildman–Crippen MR) is 73.4 cm³/mol. The molecule has 2 aliphatic rings. The number of aromatic nitrogens is 2. The van der Waals surface area contributed by atoms with E-state index in [4.69, 9.17) is 4.74 Å². The van der Waals surface area contributed by atoms with Gasteiger partial charge in [-0.25, -0.2) is 4.98 Å². The molecule has 1 aromatic rings. The second-order valence-corrected chi connectivity index (χ2v) is 5.37. The van der Waals surface area contributed by atoms with Gasteiger partial charge in [0, 0.05) is 13.1 Å². The third kappa shape index (κ3) is 2.66. The molecule has 0 radical (unpaired) electrons. The Morgan fingerprint density at radius 3 is 2.80 bits per heavy atom. The summed E-state index contributed by atoms with van der Waals surface area (Å²) in [7, 11) is 2.09. The van der Waals surface area contributed by atoms with E-state index in [-0.39, 0.29) is 5.91 Å². The first-order chi connectivity index (χ1) is 9.75. The molecule has 0 saturated carbocycles. The number of hydrogen-bond donors (Lipinski definition) is 0. The van der Waals surface area contributed by atoms with Crippen molar-refractivity contribution in [1.29, 1.82) is 0 Å². The molecular formula is C14H20N4O2. The number of ether oxygens (including phenoxy) is 1. The van der Waals surface area contributed by atoms with Crippen molar-refractivity contribution in [3.05, 3.63) is 23.8 Å². The van der Waals surface area contributed by atoms with Crippen LogP contribution in [0.25, 0.3) is 0 Å². The molecule has 1 aromatic heterocycles. The summed E-state index contributed by atoms with van der Waals surface area (Å²) in [5.41, 5.74) is 1.36. The van der Waals surface area contributed by atoms with Crippen LogP contribution in [0, 0.1) is 0 Å². The number of carbonyl (C=O) groups is 1. The fourth-order valence-corrected chi connectivity index (χ4v) is 2.86. The van der Waals surface area contributed by atoms with Gasteiger partial charge in [0.05, 0.1) is 37.3 Å². The molecule has 0 aromatic carbocycles. The van der Waals surface area contributed by atoms with Crippen LogP contribution in [-0.4, -0.2) is 65.6 Å². The summed E-state index contributed by atoms with van der Waals surface area (Å²) < 4.78 is 5.27. The second kappa shape index (κ2) is 5.85. The van der Waals surface area contributed by atoms with Crippen molar-refractivity contribution in [1.82, 2.24) is 19.8 Å². The highest BCUT2D eigenvalue weighted by molar-refractivity contribution is 5.92. The molecule has 2 saturated heterocycles. The van der Waals surface area contributed by atoms with Crippen LogP contribution >= 0.6 is 0 Å². The van der Waals surface area contributed by atoms with Crippen LogP contribution in [0.15, 0.2) is 12.4 Å². The van der Waals surface area contributed by atoms with Crippen molar-refractivity contribution < 1.29 is 9.53 Å². The van der Waals surface area contributed by atoms with Crippen molar-refractivity contribution in [2.75, 3.05) is 39.9 Å². The van der Waals surface area contributed by atoms with E-state index >= 15 is 0 Å². The minimum Gasteiger partial charge on any atom is -0.378 e. The lowest BCUT2D eigenvalue weighted by Crippen LogP contribution is -2.41. The van der Waals surface area contributed by atoms with Crippen LogP contribution in [0.5, 0.6) is 0 Å². The first kappa shape index (κ1) is 13.5. The molecule has 0 bridgehead atoms. The van der Waals surface area contributed by atoms with Crippen molar-refractivity contribution in [2.24, 2.45) is 0 Å². The van der Waals surface area contributed by atoms with E-state index in [0.717, 1.165) is 18.7 Å². The Balaban J connectivity index is 1.78. The van der Waals surface area contributed by atoms with E-state index in [1.165, 1.54) is 6.42 Å². The lowest BCUT2D eigenvalue weighted by atomic mass is 10.1. The molecular weight excluding hydrogens is 256 g/mol. The van der Waals surface area contributed by atoms with Gasteiger partial charge < -0.3 is 9.64 Å². The number of likely N-dealkylation sites (tertiary alicyclic amines) is 1. The maximum absolute atomic E-state index is 12.4. The third-order valence-corrected chi connectivity index (χ3v) is 4.03. The van der Waals surface area contributed by atoms with Crippen LogP contribution in [-0.2, 0) is 4.74 Å². The number of morpholine rings is 1. The molecule has 2 aliphatic heterocycles. The molecule has 3 heterocycles. The molecule has 3 rings (SSSR count). The van der Waals surface area contributed by atoms with E-state index in [0.29, 0.717) is 38.0 Å². The molecule has 0 N–H and O–H groups in total. The fraction of sp³-hybridized carbons (Fsp3) is 0.643. The van der Waals surface area contributed by atoms with Gasteiger partial charge in [0.15, 0.2) is 0 Å². The van der Waals surface area contributed by atoms with Gasteiger partial charge in [0.1, 0.15) is 5.69 Å². The maximum Gasteiger partial charge on any atom is 0.274 e. The van der Waals surface area contributed by atoms with E-state index in [1.54, 1.807) is 17.3 Å². The van der Waals surface area contributed by atoms with E-state index in [9.17, 15) is 4.79 Å². The fourth-order valence-electron chi connectivity index (χ4n) is 2.86. The van der Waals surface area contributed by atoms with Crippen LogP contribution in [0.1, 0.15) is 35.1 Å². The minimum atomic E-state index is -0.0386. The van der Waals surface area contributed by atoms with Crippen molar-refractivity contribution in [3.8, 4) is 0 Å². The van der Waals surface area contributed by atoms with Crippen LogP contribution in [0.3, 0.4) is 0 Å². The van der Waals surface area contributed by atoms with Crippen molar-refractivity contribution in [2.45, 2.75) is 18.9 Å². The Morgan fingerprint density at radius 1 is 1.30 bits per heavy atom. The Labute approximate surface area is 118 Å². The Kier molecular flexibility index (Phi) is 3.93. The van der Waals surface area contributed by atoms with Gasteiger partial charge >= 0.3 is 0 Å². The average Bonchev–Trinajstić information content (AvgIpc) is 2.94. The number of amides is 1. The van der Waals surface area contributed by atoms with Gasteiger partial charge in [-0.3, -0.25) is 14.7 Å². The predicted octanol–water partition coefficient (Wildman–Crippen LogP) is 0.716. The Hall–Kier alpha value is -1.53. The number of hydrogen-bond acceptors (Lipinski definition) is 5. The summed E-state index contributed by atoms with van der Waals surface area (Å²) in [4.78, 5) is 25.2. The molecule has 6 heteroatoms.